The Morgan fingerprint density at radius 1 is 1.06 bits per heavy atom. The van der Waals surface area contributed by atoms with Gasteiger partial charge in [0.15, 0.2) is 11.5 Å². The van der Waals surface area contributed by atoms with Gasteiger partial charge in [-0.3, -0.25) is 0 Å². The van der Waals surface area contributed by atoms with Crippen LogP contribution in [0.25, 0.3) is 0 Å². The number of benzene rings is 2. The number of likely N-dealkylation sites (tertiary alicyclic amines) is 1. The second-order valence-electron chi connectivity index (χ2n) is 8.63. The minimum atomic E-state index is -0.601. The Kier molecular flexibility index (Phi) is 5.42. The molecule has 2 atom stereocenters. The number of aliphatic hydroxyl groups excluding tert-OH is 2. The number of hydrogen-bond donors (Lipinski definition) is 2. The van der Waals surface area contributed by atoms with E-state index < -0.39 is 12.2 Å². The molecule has 0 aliphatic carbocycles. The van der Waals surface area contributed by atoms with Crippen LogP contribution in [0.15, 0.2) is 36.4 Å². The highest BCUT2D eigenvalue weighted by molar-refractivity contribution is 5.45. The van der Waals surface area contributed by atoms with Crippen LogP contribution < -0.4 is 18.9 Å². The Bertz CT molecular complexity index is 940. The maximum Gasteiger partial charge on any atom is 0.161 e. The molecule has 2 aromatic carbocycles. The average molecular weight is 427 g/mol. The van der Waals surface area contributed by atoms with Crippen LogP contribution in [0.5, 0.6) is 23.0 Å². The number of aliphatic hydroxyl groups is 2. The molecule has 1 spiro atoms. The summed E-state index contributed by atoms with van der Waals surface area (Å²) in [6.45, 7) is 3.24. The van der Waals surface area contributed by atoms with Crippen molar-refractivity contribution >= 4 is 0 Å². The fourth-order valence-electron chi connectivity index (χ4n) is 4.81. The molecule has 166 valence electrons. The van der Waals surface area contributed by atoms with Gasteiger partial charge in [-0.1, -0.05) is 6.07 Å². The third-order valence-corrected chi connectivity index (χ3v) is 6.62. The van der Waals surface area contributed by atoms with E-state index in [1.54, 1.807) is 7.11 Å². The van der Waals surface area contributed by atoms with Crippen molar-refractivity contribution in [1.29, 1.82) is 0 Å². The van der Waals surface area contributed by atoms with E-state index in [9.17, 15) is 10.2 Å². The minimum Gasteiger partial charge on any atom is -0.497 e. The first-order valence-corrected chi connectivity index (χ1v) is 10.9. The van der Waals surface area contributed by atoms with Crippen molar-refractivity contribution in [2.45, 2.75) is 37.1 Å². The van der Waals surface area contributed by atoms with E-state index in [1.165, 1.54) is 0 Å². The molecule has 31 heavy (non-hydrogen) atoms. The summed E-state index contributed by atoms with van der Waals surface area (Å²) in [5.41, 5.74) is 1.26. The first-order valence-electron chi connectivity index (χ1n) is 10.9. The highest BCUT2D eigenvalue weighted by Crippen LogP contribution is 2.45. The minimum absolute atomic E-state index is 0.362. The van der Waals surface area contributed by atoms with E-state index >= 15 is 0 Å². The van der Waals surface area contributed by atoms with Gasteiger partial charge in [0.2, 0.25) is 0 Å². The monoisotopic (exact) mass is 427 g/mol. The van der Waals surface area contributed by atoms with Crippen LogP contribution in [-0.4, -0.2) is 60.7 Å². The van der Waals surface area contributed by atoms with Crippen molar-refractivity contribution in [2.24, 2.45) is 0 Å². The summed E-state index contributed by atoms with van der Waals surface area (Å²) in [5, 5.41) is 21.5. The van der Waals surface area contributed by atoms with Crippen molar-refractivity contribution < 1.29 is 29.2 Å². The zero-order chi connectivity index (χ0) is 21.4. The highest BCUT2D eigenvalue weighted by atomic mass is 16.6. The average Bonchev–Trinajstić information content (AvgIpc) is 2.80. The molecule has 1 saturated heterocycles. The topological polar surface area (TPSA) is 80.6 Å². The van der Waals surface area contributed by atoms with Gasteiger partial charge in [-0.15, -0.1) is 0 Å². The van der Waals surface area contributed by atoms with Crippen LogP contribution in [0, 0.1) is 0 Å². The number of β-amino-alcohol motifs (C(OH)–C–C–N with tert-alkyl or cyclic N) is 1. The van der Waals surface area contributed by atoms with E-state index in [1.807, 2.05) is 36.4 Å². The van der Waals surface area contributed by atoms with Crippen molar-refractivity contribution in [3.8, 4) is 23.0 Å². The molecule has 0 radical (unpaired) electrons. The smallest absolute Gasteiger partial charge is 0.161 e. The van der Waals surface area contributed by atoms with E-state index in [0.717, 1.165) is 54.3 Å². The lowest BCUT2D eigenvalue weighted by Crippen LogP contribution is -2.51. The Labute approximate surface area is 182 Å². The molecule has 0 amide bonds. The lowest BCUT2D eigenvalue weighted by atomic mass is 9.81. The van der Waals surface area contributed by atoms with Crippen LogP contribution in [0.2, 0.25) is 0 Å². The number of nitrogens with zero attached hydrogens (tertiary/aromatic N) is 1. The fourth-order valence-corrected chi connectivity index (χ4v) is 4.81. The SMILES string of the molecule is COc1ccc2c(c1)[C@@H](O)CC1(CCN(C[C@H](O)c3ccc4c(c3)OCCO4)CC1)O2. The molecule has 0 unspecified atom stereocenters. The number of ether oxygens (including phenoxy) is 4. The van der Waals surface area contributed by atoms with Crippen LogP contribution in [0.3, 0.4) is 0 Å². The summed E-state index contributed by atoms with van der Waals surface area (Å²) in [6, 6.07) is 11.2. The summed E-state index contributed by atoms with van der Waals surface area (Å²) in [7, 11) is 1.62. The first kappa shape index (κ1) is 20.4. The maximum atomic E-state index is 10.8. The second-order valence-corrected chi connectivity index (χ2v) is 8.63. The summed E-state index contributed by atoms with van der Waals surface area (Å²) >= 11 is 0. The zero-order valence-corrected chi connectivity index (χ0v) is 17.8. The van der Waals surface area contributed by atoms with Gasteiger partial charge in [0, 0.05) is 31.6 Å². The Morgan fingerprint density at radius 3 is 2.58 bits per heavy atom. The summed E-state index contributed by atoms with van der Waals surface area (Å²) in [6.07, 6.45) is 1.03. The van der Waals surface area contributed by atoms with Crippen molar-refractivity contribution in [3.05, 3.63) is 47.5 Å². The molecule has 0 saturated carbocycles. The van der Waals surface area contributed by atoms with Gasteiger partial charge < -0.3 is 34.1 Å². The van der Waals surface area contributed by atoms with Gasteiger partial charge in [-0.2, -0.15) is 0 Å². The molecular formula is C24H29NO6. The van der Waals surface area contributed by atoms with Crippen LogP contribution in [-0.2, 0) is 0 Å². The third kappa shape index (κ3) is 4.05. The number of fused-ring (bicyclic) bond motifs is 2. The molecule has 3 aliphatic rings. The predicted molar refractivity (Wildman–Crippen MR) is 114 cm³/mol. The largest absolute Gasteiger partial charge is 0.497 e. The molecule has 0 bridgehead atoms. The Morgan fingerprint density at radius 2 is 1.81 bits per heavy atom. The van der Waals surface area contributed by atoms with E-state index in [0.29, 0.717) is 31.9 Å². The molecule has 2 N–H and O–H groups in total. The fraction of sp³-hybridized carbons (Fsp3) is 0.500. The lowest BCUT2D eigenvalue weighted by Gasteiger charge is -2.46. The van der Waals surface area contributed by atoms with E-state index in [4.69, 9.17) is 18.9 Å². The highest BCUT2D eigenvalue weighted by Gasteiger charge is 2.43. The van der Waals surface area contributed by atoms with Crippen molar-refractivity contribution in [2.75, 3.05) is 40.0 Å². The number of methoxy groups -OCH3 is 1. The summed E-state index contributed by atoms with van der Waals surface area (Å²) in [5.74, 6) is 2.89. The summed E-state index contributed by atoms with van der Waals surface area (Å²) in [4.78, 5) is 2.26. The quantitative estimate of drug-likeness (QED) is 0.777. The van der Waals surface area contributed by atoms with E-state index in [2.05, 4.69) is 4.90 Å². The van der Waals surface area contributed by atoms with Gasteiger partial charge >= 0.3 is 0 Å². The van der Waals surface area contributed by atoms with Crippen LogP contribution in [0.4, 0.5) is 0 Å². The van der Waals surface area contributed by atoms with Crippen LogP contribution >= 0.6 is 0 Å². The standard InChI is InChI=1S/C24H29NO6/c1-28-17-3-5-21-18(13-17)19(26)14-24(31-21)6-8-25(9-7-24)15-20(27)16-2-4-22-23(12-16)30-11-10-29-22/h2-5,12-13,19-20,26-27H,6-11,14-15H2,1H3/t19-,20-/m0/s1. The van der Waals surface area contributed by atoms with Gasteiger partial charge in [0.05, 0.1) is 19.3 Å². The maximum absolute atomic E-state index is 10.8. The Hall–Kier alpha value is -2.48. The van der Waals surface area contributed by atoms with Gasteiger partial charge in [0.1, 0.15) is 30.3 Å². The molecule has 7 nitrogen and oxygen atoms in total. The molecule has 3 aliphatic heterocycles. The van der Waals surface area contributed by atoms with Gasteiger partial charge in [-0.25, -0.2) is 0 Å². The molecule has 7 heteroatoms. The number of hydrogen-bond acceptors (Lipinski definition) is 7. The van der Waals surface area contributed by atoms with Crippen molar-refractivity contribution in [1.82, 2.24) is 4.90 Å². The molecule has 5 rings (SSSR count). The lowest BCUT2D eigenvalue weighted by molar-refractivity contribution is -0.0588. The van der Waals surface area contributed by atoms with Gasteiger partial charge in [-0.05, 0) is 48.7 Å². The molecule has 0 aromatic heterocycles. The normalized spacial score (nSPS) is 23.0. The third-order valence-electron chi connectivity index (χ3n) is 6.62. The zero-order valence-electron chi connectivity index (χ0n) is 17.8. The molecular weight excluding hydrogens is 398 g/mol. The molecule has 1 fully saturated rings. The van der Waals surface area contributed by atoms with Crippen molar-refractivity contribution in [3.63, 3.8) is 0 Å². The molecule has 3 heterocycles. The van der Waals surface area contributed by atoms with E-state index in [-0.39, 0.29) is 5.60 Å². The number of rotatable bonds is 4. The van der Waals surface area contributed by atoms with Gasteiger partial charge in [0.25, 0.3) is 0 Å². The first-order chi connectivity index (χ1) is 15.0. The summed E-state index contributed by atoms with van der Waals surface area (Å²) < 4.78 is 22.9. The predicted octanol–water partition coefficient (Wildman–Crippen LogP) is 2.85. The van der Waals surface area contributed by atoms with Crippen LogP contribution in [0.1, 0.15) is 42.6 Å². The number of piperidine rings is 1. The second kappa shape index (κ2) is 8.22. The Balaban J connectivity index is 1.21. The molecule has 2 aromatic rings.